The minimum atomic E-state index is -0.0633. The summed E-state index contributed by atoms with van der Waals surface area (Å²) in [5.41, 5.74) is 0. The lowest BCUT2D eigenvalue weighted by Gasteiger charge is -2.35. The number of amides is 2. The Balaban J connectivity index is 1.68. The van der Waals surface area contributed by atoms with E-state index in [2.05, 4.69) is 10.4 Å². The predicted octanol–water partition coefficient (Wildman–Crippen LogP) is 2.28. The number of aromatic nitrogens is 2. The van der Waals surface area contributed by atoms with Crippen LogP contribution < -0.4 is 5.32 Å². The molecule has 1 unspecified atom stereocenters. The van der Waals surface area contributed by atoms with Crippen LogP contribution in [0.15, 0.2) is 30.6 Å². The standard InChI is InChI=1S/C17H22N4O2S/c1-13(22)18-11-15-6-7-16(24-15)17(23)21-10-3-2-5-14(21)12-20-9-4-8-19-20/h4,6-9,14H,2-3,5,10-12H2,1H3,(H,18,22). The average Bonchev–Trinajstić information content (AvgIpc) is 3.24. The van der Waals surface area contributed by atoms with Gasteiger partial charge in [-0.25, -0.2) is 0 Å². The van der Waals surface area contributed by atoms with Crippen LogP contribution in [0.25, 0.3) is 0 Å². The predicted molar refractivity (Wildman–Crippen MR) is 92.7 cm³/mol. The van der Waals surface area contributed by atoms with Crippen LogP contribution in [0.3, 0.4) is 0 Å². The van der Waals surface area contributed by atoms with Gasteiger partial charge in [0.1, 0.15) is 0 Å². The summed E-state index contributed by atoms with van der Waals surface area (Å²) in [6, 6.07) is 5.87. The molecule has 1 aliphatic rings. The van der Waals surface area contributed by atoms with Gasteiger partial charge in [0.2, 0.25) is 5.91 Å². The highest BCUT2D eigenvalue weighted by Crippen LogP contribution is 2.24. The fourth-order valence-electron chi connectivity index (χ4n) is 3.02. The Kier molecular flexibility index (Phi) is 5.30. The molecule has 1 N–H and O–H groups in total. The summed E-state index contributed by atoms with van der Waals surface area (Å²) in [7, 11) is 0. The summed E-state index contributed by atoms with van der Waals surface area (Å²) in [5, 5.41) is 7.03. The van der Waals surface area contributed by atoms with Crippen molar-refractivity contribution in [1.29, 1.82) is 0 Å². The SMILES string of the molecule is CC(=O)NCc1ccc(C(=O)N2CCCCC2Cn2cccn2)s1. The van der Waals surface area contributed by atoms with Crippen molar-refractivity contribution < 1.29 is 9.59 Å². The van der Waals surface area contributed by atoms with Crippen LogP contribution in [0, 0.1) is 0 Å². The van der Waals surface area contributed by atoms with Gasteiger partial charge in [-0.05, 0) is 37.5 Å². The van der Waals surface area contributed by atoms with E-state index >= 15 is 0 Å². The Morgan fingerprint density at radius 3 is 3.00 bits per heavy atom. The second-order valence-corrected chi connectivity index (χ2v) is 7.22. The number of nitrogens with zero attached hydrogens (tertiary/aromatic N) is 3. The molecule has 24 heavy (non-hydrogen) atoms. The van der Waals surface area contributed by atoms with Gasteiger partial charge in [-0.15, -0.1) is 11.3 Å². The first kappa shape index (κ1) is 16.7. The van der Waals surface area contributed by atoms with E-state index in [1.165, 1.54) is 18.3 Å². The maximum atomic E-state index is 12.9. The first-order valence-corrected chi connectivity index (χ1v) is 9.06. The maximum absolute atomic E-state index is 12.9. The molecular formula is C17H22N4O2S. The number of thiophene rings is 1. The number of nitrogens with one attached hydrogen (secondary N) is 1. The zero-order valence-electron chi connectivity index (χ0n) is 13.8. The molecule has 3 rings (SSSR count). The van der Waals surface area contributed by atoms with Crippen molar-refractivity contribution in [3.63, 3.8) is 0 Å². The first-order valence-electron chi connectivity index (χ1n) is 8.25. The van der Waals surface area contributed by atoms with Crippen molar-refractivity contribution in [2.75, 3.05) is 6.54 Å². The molecule has 2 aromatic heterocycles. The monoisotopic (exact) mass is 346 g/mol. The number of hydrogen-bond acceptors (Lipinski definition) is 4. The van der Waals surface area contributed by atoms with Crippen LogP contribution in [0.4, 0.5) is 0 Å². The number of hydrogen-bond donors (Lipinski definition) is 1. The molecule has 0 spiro atoms. The molecule has 7 heteroatoms. The average molecular weight is 346 g/mol. The molecule has 0 aliphatic carbocycles. The largest absolute Gasteiger partial charge is 0.351 e. The zero-order valence-corrected chi connectivity index (χ0v) is 14.6. The van der Waals surface area contributed by atoms with Gasteiger partial charge in [0.15, 0.2) is 0 Å². The molecule has 0 saturated carbocycles. The molecule has 0 bridgehead atoms. The minimum absolute atomic E-state index is 0.0633. The van der Waals surface area contributed by atoms with Crippen LogP contribution in [-0.2, 0) is 17.9 Å². The third kappa shape index (κ3) is 4.03. The van der Waals surface area contributed by atoms with Gasteiger partial charge < -0.3 is 10.2 Å². The van der Waals surface area contributed by atoms with Crippen LogP contribution in [0.1, 0.15) is 40.7 Å². The second-order valence-electron chi connectivity index (χ2n) is 6.05. The van der Waals surface area contributed by atoms with E-state index in [-0.39, 0.29) is 17.9 Å². The third-order valence-electron chi connectivity index (χ3n) is 4.23. The van der Waals surface area contributed by atoms with Gasteiger partial charge in [-0.3, -0.25) is 14.3 Å². The summed E-state index contributed by atoms with van der Waals surface area (Å²) in [5.74, 6) is 0.0255. The van der Waals surface area contributed by atoms with Crippen molar-refractivity contribution >= 4 is 23.2 Å². The third-order valence-corrected chi connectivity index (χ3v) is 5.30. The highest BCUT2D eigenvalue weighted by Gasteiger charge is 2.28. The molecule has 0 aromatic carbocycles. The van der Waals surface area contributed by atoms with E-state index in [0.717, 1.165) is 42.1 Å². The normalized spacial score (nSPS) is 17.7. The molecule has 1 saturated heterocycles. The molecule has 128 valence electrons. The van der Waals surface area contributed by atoms with Crippen LogP contribution in [0.2, 0.25) is 0 Å². The smallest absolute Gasteiger partial charge is 0.264 e. The Morgan fingerprint density at radius 1 is 1.38 bits per heavy atom. The lowest BCUT2D eigenvalue weighted by Crippen LogP contribution is -2.45. The van der Waals surface area contributed by atoms with Crippen LogP contribution >= 0.6 is 11.3 Å². The fraction of sp³-hybridized carbons (Fsp3) is 0.471. The van der Waals surface area contributed by atoms with E-state index < -0.39 is 0 Å². The molecule has 1 aliphatic heterocycles. The Hall–Kier alpha value is -2.15. The lowest BCUT2D eigenvalue weighted by atomic mass is 10.0. The maximum Gasteiger partial charge on any atom is 0.264 e. The Morgan fingerprint density at radius 2 is 2.25 bits per heavy atom. The summed E-state index contributed by atoms with van der Waals surface area (Å²) in [4.78, 5) is 27.6. The van der Waals surface area contributed by atoms with Gasteiger partial charge >= 0.3 is 0 Å². The molecular weight excluding hydrogens is 324 g/mol. The van der Waals surface area contributed by atoms with Crippen molar-refractivity contribution in [3.8, 4) is 0 Å². The molecule has 2 amide bonds. The van der Waals surface area contributed by atoms with Gasteiger partial charge in [-0.2, -0.15) is 5.10 Å². The number of rotatable bonds is 5. The summed E-state index contributed by atoms with van der Waals surface area (Å²) >= 11 is 1.46. The van der Waals surface area contributed by atoms with Gasteiger partial charge in [0.05, 0.1) is 24.0 Å². The topological polar surface area (TPSA) is 67.2 Å². The van der Waals surface area contributed by atoms with E-state index in [1.807, 2.05) is 34.0 Å². The quantitative estimate of drug-likeness (QED) is 0.903. The van der Waals surface area contributed by atoms with Crippen molar-refractivity contribution in [2.45, 2.75) is 45.3 Å². The highest BCUT2D eigenvalue weighted by atomic mass is 32.1. The Bertz CT molecular complexity index is 695. The first-order chi connectivity index (χ1) is 11.6. The highest BCUT2D eigenvalue weighted by molar-refractivity contribution is 7.14. The van der Waals surface area contributed by atoms with Crippen LogP contribution in [0.5, 0.6) is 0 Å². The van der Waals surface area contributed by atoms with Crippen LogP contribution in [-0.4, -0.2) is 39.1 Å². The molecule has 3 heterocycles. The molecule has 6 nitrogen and oxygen atoms in total. The zero-order chi connectivity index (χ0) is 16.9. The van der Waals surface area contributed by atoms with E-state index in [4.69, 9.17) is 0 Å². The van der Waals surface area contributed by atoms with Gasteiger partial charge in [0.25, 0.3) is 5.91 Å². The lowest BCUT2D eigenvalue weighted by molar-refractivity contribution is -0.119. The molecule has 1 fully saturated rings. The number of carbonyl (C=O) groups excluding carboxylic acids is 2. The number of carbonyl (C=O) groups is 2. The molecule has 0 radical (unpaired) electrons. The van der Waals surface area contributed by atoms with E-state index in [0.29, 0.717) is 6.54 Å². The van der Waals surface area contributed by atoms with E-state index in [1.54, 1.807) is 6.20 Å². The number of piperidine rings is 1. The van der Waals surface area contributed by atoms with Gasteiger partial charge in [0, 0.05) is 30.7 Å². The van der Waals surface area contributed by atoms with Crippen molar-refractivity contribution in [3.05, 3.63) is 40.3 Å². The molecule has 1 atom stereocenters. The summed E-state index contributed by atoms with van der Waals surface area (Å²) in [6.07, 6.45) is 6.91. The summed E-state index contributed by atoms with van der Waals surface area (Å²) < 4.78 is 1.90. The summed E-state index contributed by atoms with van der Waals surface area (Å²) in [6.45, 7) is 3.50. The fourth-order valence-corrected chi connectivity index (χ4v) is 3.93. The number of likely N-dealkylation sites (tertiary alicyclic amines) is 1. The van der Waals surface area contributed by atoms with E-state index in [9.17, 15) is 9.59 Å². The molecule has 2 aromatic rings. The Labute approximate surface area is 145 Å². The second kappa shape index (κ2) is 7.61. The van der Waals surface area contributed by atoms with Gasteiger partial charge in [-0.1, -0.05) is 0 Å². The minimum Gasteiger partial charge on any atom is -0.351 e. The van der Waals surface area contributed by atoms with Crippen molar-refractivity contribution in [1.82, 2.24) is 20.0 Å². The van der Waals surface area contributed by atoms with Crippen molar-refractivity contribution in [2.24, 2.45) is 0 Å².